The van der Waals surface area contributed by atoms with E-state index in [0.29, 0.717) is 5.92 Å². The van der Waals surface area contributed by atoms with E-state index in [0.717, 1.165) is 12.0 Å². The summed E-state index contributed by atoms with van der Waals surface area (Å²) in [4.78, 5) is 0. The zero-order chi connectivity index (χ0) is 16.4. The quantitative estimate of drug-likeness (QED) is 0.783. The first-order valence-corrected chi connectivity index (χ1v) is 7.27. The summed E-state index contributed by atoms with van der Waals surface area (Å²) < 4.78 is 37.5. The maximum Gasteiger partial charge on any atom is 0.418 e. The maximum absolute atomic E-state index is 12.5. The molecule has 1 N–H and O–H groups in total. The summed E-state index contributed by atoms with van der Waals surface area (Å²) in [6.45, 7) is 10.7. The molecule has 0 spiro atoms. The lowest BCUT2D eigenvalue weighted by atomic mass is 9.72. The van der Waals surface area contributed by atoms with Crippen LogP contribution >= 0.6 is 0 Å². The van der Waals surface area contributed by atoms with Crippen molar-refractivity contribution in [3.05, 3.63) is 35.4 Å². The second-order valence-corrected chi connectivity index (χ2v) is 7.16. The first-order chi connectivity index (χ1) is 9.43. The molecule has 0 fully saturated rings. The van der Waals surface area contributed by atoms with Crippen LogP contribution in [0.25, 0.3) is 0 Å². The van der Waals surface area contributed by atoms with E-state index in [2.05, 4.69) is 34.6 Å². The number of aliphatic hydroxyl groups is 1. The number of alkyl halides is 3. The van der Waals surface area contributed by atoms with E-state index in [1.54, 1.807) is 12.1 Å². The monoisotopic (exact) mass is 302 g/mol. The van der Waals surface area contributed by atoms with Crippen molar-refractivity contribution in [2.24, 2.45) is 11.3 Å². The second kappa shape index (κ2) is 6.39. The molecule has 2 atom stereocenters. The molecule has 0 saturated carbocycles. The summed E-state index contributed by atoms with van der Waals surface area (Å²) in [5.41, 5.74) is 0.951. The highest BCUT2D eigenvalue weighted by molar-refractivity contribution is 5.28. The minimum atomic E-state index is -4.62. The van der Waals surface area contributed by atoms with Gasteiger partial charge in [-0.2, -0.15) is 13.2 Å². The van der Waals surface area contributed by atoms with Crippen LogP contribution in [0.4, 0.5) is 13.2 Å². The first kappa shape index (κ1) is 18.0. The van der Waals surface area contributed by atoms with Gasteiger partial charge >= 0.3 is 6.18 Å². The average molecular weight is 302 g/mol. The van der Waals surface area contributed by atoms with Gasteiger partial charge in [0.2, 0.25) is 0 Å². The van der Waals surface area contributed by atoms with Crippen molar-refractivity contribution in [1.82, 2.24) is 0 Å². The Morgan fingerprint density at radius 2 is 1.38 bits per heavy atom. The molecule has 1 rings (SSSR count). The Balaban J connectivity index is 3.03. The van der Waals surface area contributed by atoms with Crippen molar-refractivity contribution in [2.75, 3.05) is 0 Å². The summed E-state index contributed by atoms with van der Waals surface area (Å²) in [5, 5.41) is 9.27. The molecule has 0 radical (unpaired) electrons. The summed E-state index contributed by atoms with van der Waals surface area (Å²) in [5.74, 6) is 0.782. The molecule has 0 aliphatic rings. The van der Waals surface area contributed by atoms with Crippen molar-refractivity contribution >= 4 is 0 Å². The number of aliphatic hydroxyl groups excluding tert-OH is 1. The molecule has 0 bridgehead atoms. The zero-order valence-corrected chi connectivity index (χ0v) is 13.3. The average Bonchev–Trinajstić information content (AvgIpc) is 2.33. The third-order valence-corrected chi connectivity index (χ3v) is 3.72. The Morgan fingerprint density at radius 3 is 1.71 bits per heavy atom. The predicted molar refractivity (Wildman–Crippen MR) is 79.1 cm³/mol. The van der Waals surface area contributed by atoms with Gasteiger partial charge in [-0.05, 0) is 34.8 Å². The largest absolute Gasteiger partial charge is 0.418 e. The lowest BCUT2D eigenvalue weighted by Gasteiger charge is -2.33. The first-order valence-electron chi connectivity index (χ1n) is 7.27. The van der Waals surface area contributed by atoms with Crippen LogP contribution in [0.2, 0.25) is 0 Å². The summed E-state index contributed by atoms with van der Waals surface area (Å²) in [6.07, 6.45) is -6.06. The van der Waals surface area contributed by atoms with Gasteiger partial charge in [0.1, 0.15) is 0 Å². The van der Waals surface area contributed by atoms with Crippen molar-refractivity contribution in [3.8, 4) is 0 Å². The summed E-state index contributed by atoms with van der Waals surface area (Å²) in [6, 6.07) is 6.18. The van der Waals surface area contributed by atoms with Crippen LogP contribution in [0.3, 0.4) is 0 Å². The minimum Gasteiger partial charge on any atom is -0.379 e. The van der Waals surface area contributed by atoms with E-state index in [4.69, 9.17) is 0 Å². The second-order valence-electron chi connectivity index (χ2n) is 7.16. The van der Waals surface area contributed by atoms with Crippen LogP contribution < -0.4 is 0 Å². The van der Waals surface area contributed by atoms with Gasteiger partial charge in [-0.25, -0.2) is 0 Å². The van der Waals surface area contributed by atoms with Crippen LogP contribution in [0.5, 0.6) is 0 Å². The fraction of sp³-hybridized carbons (Fsp3) is 0.647. The number of rotatable bonds is 4. The molecule has 4 heteroatoms. The van der Waals surface area contributed by atoms with Crippen molar-refractivity contribution in [1.29, 1.82) is 0 Å². The third-order valence-electron chi connectivity index (χ3n) is 3.72. The normalized spacial score (nSPS) is 16.1. The highest BCUT2D eigenvalue weighted by Gasteiger charge is 2.39. The molecular weight excluding hydrogens is 277 g/mol. The van der Waals surface area contributed by atoms with Gasteiger partial charge in [-0.15, -0.1) is 0 Å². The molecule has 0 aliphatic heterocycles. The number of benzene rings is 1. The molecule has 21 heavy (non-hydrogen) atoms. The van der Waals surface area contributed by atoms with Gasteiger partial charge < -0.3 is 5.11 Å². The van der Waals surface area contributed by atoms with Crippen LogP contribution in [0, 0.1) is 11.3 Å². The molecule has 0 heterocycles. The maximum atomic E-state index is 12.5. The Labute approximate surface area is 125 Å². The zero-order valence-electron chi connectivity index (χ0n) is 13.3. The van der Waals surface area contributed by atoms with E-state index in [1.165, 1.54) is 12.1 Å². The van der Waals surface area contributed by atoms with E-state index in [9.17, 15) is 18.3 Å². The molecule has 0 amide bonds. The SMILES string of the molecule is CC(C)CC(c1ccc(C(O)C(F)(F)F)cc1)C(C)(C)C. The van der Waals surface area contributed by atoms with Crippen LogP contribution in [-0.4, -0.2) is 11.3 Å². The Morgan fingerprint density at radius 1 is 0.952 bits per heavy atom. The van der Waals surface area contributed by atoms with Crippen LogP contribution in [-0.2, 0) is 0 Å². The fourth-order valence-corrected chi connectivity index (χ4v) is 2.56. The molecule has 0 saturated heterocycles. The Hall–Kier alpha value is -1.03. The standard InChI is InChI=1S/C17H25F3O/c1-11(2)10-14(16(3,4)5)12-6-8-13(9-7-12)15(21)17(18,19)20/h6-9,11,14-15,21H,10H2,1-5H3. The van der Waals surface area contributed by atoms with Crippen LogP contribution in [0.15, 0.2) is 24.3 Å². The van der Waals surface area contributed by atoms with Gasteiger partial charge in [0, 0.05) is 0 Å². The molecule has 1 aromatic carbocycles. The summed E-state index contributed by atoms with van der Waals surface area (Å²) in [7, 11) is 0. The lowest BCUT2D eigenvalue weighted by molar-refractivity contribution is -0.206. The number of halogens is 3. The van der Waals surface area contributed by atoms with Crippen molar-refractivity contribution < 1.29 is 18.3 Å². The lowest BCUT2D eigenvalue weighted by Crippen LogP contribution is -2.22. The molecule has 1 aromatic rings. The highest BCUT2D eigenvalue weighted by Crippen LogP contribution is 2.40. The van der Waals surface area contributed by atoms with Gasteiger partial charge in [0.05, 0.1) is 0 Å². The minimum absolute atomic E-state index is 0.0361. The fourth-order valence-electron chi connectivity index (χ4n) is 2.56. The highest BCUT2D eigenvalue weighted by atomic mass is 19.4. The number of hydrogen-bond acceptors (Lipinski definition) is 1. The third kappa shape index (κ3) is 5.03. The van der Waals surface area contributed by atoms with E-state index >= 15 is 0 Å². The van der Waals surface area contributed by atoms with E-state index in [-0.39, 0.29) is 16.9 Å². The molecule has 1 nitrogen and oxygen atoms in total. The molecule has 0 aromatic heterocycles. The molecule has 2 unspecified atom stereocenters. The van der Waals surface area contributed by atoms with Gasteiger partial charge in [-0.3, -0.25) is 0 Å². The van der Waals surface area contributed by atoms with Crippen LogP contribution in [0.1, 0.15) is 64.2 Å². The van der Waals surface area contributed by atoms with Gasteiger partial charge in [0.15, 0.2) is 6.10 Å². The van der Waals surface area contributed by atoms with Gasteiger partial charge in [-0.1, -0.05) is 58.9 Å². The van der Waals surface area contributed by atoms with Crippen molar-refractivity contribution in [3.63, 3.8) is 0 Å². The smallest absolute Gasteiger partial charge is 0.379 e. The Bertz CT molecular complexity index is 441. The van der Waals surface area contributed by atoms with E-state index in [1.807, 2.05) is 0 Å². The molecule has 0 aliphatic carbocycles. The molecular formula is C17H25F3O. The van der Waals surface area contributed by atoms with E-state index < -0.39 is 12.3 Å². The van der Waals surface area contributed by atoms with Gasteiger partial charge in [0.25, 0.3) is 0 Å². The summed E-state index contributed by atoms with van der Waals surface area (Å²) >= 11 is 0. The number of hydrogen-bond donors (Lipinski definition) is 1. The predicted octanol–water partition coefficient (Wildman–Crippen LogP) is 5.46. The van der Waals surface area contributed by atoms with Crippen molar-refractivity contribution in [2.45, 2.75) is 59.2 Å². The Kier molecular flexibility index (Phi) is 5.48. The molecule has 120 valence electrons. The topological polar surface area (TPSA) is 20.2 Å².